The summed E-state index contributed by atoms with van der Waals surface area (Å²) in [5.74, 6) is 0.655. The minimum absolute atomic E-state index is 0.0855. The lowest BCUT2D eigenvalue weighted by Gasteiger charge is -2.19. The Morgan fingerprint density at radius 1 is 1.17 bits per heavy atom. The third-order valence-electron chi connectivity index (χ3n) is 3.77. The van der Waals surface area contributed by atoms with E-state index in [0.717, 1.165) is 18.6 Å². The molecule has 1 aromatic rings. The van der Waals surface area contributed by atoms with Gasteiger partial charge in [-0.2, -0.15) is 0 Å². The summed E-state index contributed by atoms with van der Waals surface area (Å²) < 4.78 is 10.9. The van der Waals surface area contributed by atoms with Crippen LogP contribution in [0.25, 0.3) is 0 Å². The summed E-state index contributed by atoms with van der Waals surface area (Å²) in [6.45, 7) is 4.13. The van der Waals surface area contributed by atoms with Gasteiger partial charge in [0.25, 0.3) is 5.91 Å². The number of nitrogens with one attached hydrogen (secondary N) is 2. The topological polar surface area (TPSA) is 76.7 Å². The van der Waals surface area contributed by atoms with Crippen LogP contribution in [0.15, 0.2) is 36.4 Å². The lowest BCUT2D eigenvalue weighted by molar-refractivity contribution is -0.134. The smallest absolute Gasteiger partial charge is 0.279 e. The van der Waals surface area contributed by atoms with E-state index in [9.17, 15) is 9.59 Å². The highest BCUT2D eigenvalue weighted by molar-refractivity contribution is 5.85. The van der Waals surface area contributed by atoms with Crippen molar-refractivity contribution in [3.05, 3.63) is 36.4 Å². The second-order valence-corrected chi connectivity index (χ2v) is 5.62. The van der Waals surface area contributed by atoms with Crippen molar-refractivity contribution >= 4 is 11.8 Å². The van der Waals surface area contributed by atoms with Gasteiger partial charge in [0.1, 0.15) is 11.5 Å². The molecule has 0 saturated carbocycles. The number of benzene rings is 1. The number of amides is 2. The quantitative estimate of drug-likeness (QED) is 0.619. The second kappa shape index (κ2) is 8.96. The van der Waals surface area contributed by atoms with Gasteiger partial charge in [0.05, 0.1) is 6.61 Å². The lowest BCUT2D eigenvalue weighted by atomic mass is 9.94. The van der Waals surface area contributed by atoms with E-state index in [1.807, 2.05) is 13.0 Å². The normalized spacial score (nSPS) is 17.7. The number of carbonyl (C=O) groups excluding carboxylic acids is 2. The maximum absolute atomic E-state index is 12.0. The van der Waals surface area contributed by atoms with E-state index in [-0.39, 0.29) is 11.8 Å². The van der Waals surface area contributed by atoms with Gasteiger partial charge in [0.15, 0.2) is 6.10 Å². The van der Waals surface area contributed by atoms with Gasteiger partial charge in [-0.15, -0.1) is 0 Å². The molecular formula is C18H24N2O4. The standard InChI is InChI=1S/C18H24N2O4/c1-3-23-15-9-11-16(12-10-15)24-13(2)17(21)19-20-18(22)14-7-5-4-6-8-14/h4-5,9-14H,3,6-8H2,1-2H3,(H,19,21)(H,20,22). The molecule has 130 valence electrons. The first-order chi connectivity index (χ1) is 11.6. The predicted octanol–water partition coefficient (Wildman–Crippen LogP) is 2.36. The van der Waals surface area contributed by atoms with Gasteiger partial charge in [0.2, 0.25) is 5.91 Å². The Morgan fingerprint density at radius 2 is 1.88 bits per heavy atom. The fourth-order valence-electron chi connectivity index (χ4n) is 2.40. The Hall–Kier alpha value is -2.50. The molecule has 1 aliphatic rings. The maximum atomic E-state index is 12.0. The Morgan fingerprint density at radius 3 is 2.50 bits per heavy atom. The first-order valence-corrected chi connectivity index (χ1v) is 8.24. The lowest BCUT2D eigenvalue weighted by Crippen LogP contribution is -2.49. The number of hydrazine groups is 1. The largest absolute Gasteiger partial charge is 0.494 e. The zero-order valence-electron chi connectivity index (χ0n) is 14.1. The number of hydrogen-bond acceptors (Lipinski definition) is 4. The summed E-state index contributed by atoms with van der Waals surface area (Å²) in [7, 11) is 0. The number of allylic oxidation sites excluding steroid dienone is 2. The van der Waals surface area contributed by atoms with Crippen LogP contribution in [0.2, 0.25) is 0 Å². The molecule has 2 rings (SSSR count). The molecule has 2 N–H and O–H groups in total. The van der Waals surface area contributed by atoms with Gasteiger partial charge >= 0.3 is 0 Å². The van der Waals surface area contributed by atoms with Crippen LogP contribution in [0, 0.1) is 5.92 Å². The summed E-state index contributed by atoms with van der Waals surface area (Å²) in [4.78, 5) is 24.0. The Bertz CT molecular complexity index is 583. The van der Waals surface area contributed by atoms with E-state index in [0.29, 0.717) is 18.8 Å². The molecule has 0 fully saturated rings. The van der Waals surface area contributed by atoms with Crippen LogP contribution in [-0.4, -0.2) is 24.5 Å². The molecule has 6 nitrogen and oxygen atoms in total. The van der Waals surface area contributed by atoms with E-state index in [2.05, 4.69) is 16.9 Å². The number of rotatable bonds is 6. The molecule has 24 heavy (non-hydrogen) atoms. The number of ether oxygens (including phenoxy) is 2. The molecule has 1 aliphatic carbocycles. The van der Waals surface area contributed by atoms with Crippen molar-refractivity contribution in [2.45, 2.75) is 39.2 Å². The van der Waals surface area contributed by atoms with Crippen LogP contribution in [-0.2, 0) is 9.59 Å². The summed E-state index contributed by atoms with van der Waals surface area (Å²) in [5, 5.41) is 0. The van der Waals surface area contributed by atoms with Gasteiger partial charge in [-0.1, -0.05) is 12.2 Å². The van der Waals surface area contributed by atoms with Crippen molar-refractivity contribution in [3.63, 3.8) is 0 Å². The maximum Gasteiger partial charge on any atom is 0.279 e. The first-order valence-electron chi connectivity index (χ1n) is 8.24. The molecule has 2 amide bonds. The molecule has 0 heterocycles. The number of hydrogen-bond donors (Lipinski definition) is 2. The molecular weight excluding hydrogens is 308 g/mol. The van der Waals surface area contributed by atoms with E-state index < -0.39 is 12.0 Å². The molecule has 1 aromatic carbocycles. The molecule has 0 aliphatic heterocycles. The molecule has 6 heteroatoms. The molecule has 0 aromatic heterocycles. The van der Waals surface area contributed by atoms with Crippen molar-refractivity contribution in [2.24, 2.45) is 5.92 Å². The van der Waals surface area contributed by atoms with Gasteiger partial charge in [-0.25, -0.2) is 0 Å². The van der Waals surface area contributed by atoms with Gasteiger partial charge < -0.3 is 9.47 Å². The Balaban J connectivity index is 1.77. The zero-order valence-corrected chi connectivity index (χ0v) is 14.1. The van der Waals surface area contributed by atoms with Crippen LogP contribution in [0.4, 0.5) is 0 Å². The monoisotopic (exact) mass is 332 g/mol. The predicted molar refractivity (Wildman–Crippen MR) is 90.5 cm³/mol. The Labute approximate surface area is 142 Å². The average Bonchev–Trinajstić information content (AvgIpc) is 2.62. The highest BCUT2D eigenvalue weighted by atomic mass is 16.5. The van der Waals surface area contributed by atoms with Crippen LogP contribution >= 0.6 is 0 Å². The summed E-state index contributed by atoms with van der Waals surface area (Å²) in [6, 6.07) is 7.03. The molecule has 0 bridgehead atoms. The van der Waals surface area contributed by atoms with Crippen LogP contribution in [0.1, 0.15) is 33.1 Å². The summed E-state index contributed by atoms with van der Waals surface area (Å²) >= 11 is 0. The molecule has 2 atom stereocenters. The van der Waals surface area contributed by atoms with Crippen molar-refractivity contribution in [2.75, 3.05) is 6.61 Å². The van der Waals surface area contributed by atoms with Crippen LogP contribution < -0.4 is 20.3 Å². The fourth-order valence-corrected chi connectivity index (χ4v) is 2.40. The summed E-state index contributed by atoms with van der Waals surface area (Å²) in [5.41, 5.74) is 4.89. The number of carbonyl (C=O) groups is 2. The fraction of sp³-hybridized carbons (Fsp3) is 0.444. The van der Waals surface area contributed by atoms with E-state index in [1.165, 1.54) is 0 Å². The highest BCUT2D eigenvalue weighted by Gasteiger charge is 2.20. The van der Waals surface area contributed by atoms with Crippen molar-refractivity contribution < 1.29 is 19.1 Å². The SMILES string of the molecule is CCOc1ccc(OC(C)C(=O)NNC(=O)C2CC=CCC2)cc1. The first kappa shape index (κ1) is 17.8. The van der Waals surface area contributed by atoms with E-state index in [1.54, 1.807) is 31.2 Å². The van der Waals surface area contributed by atoms with Gasteiger partial charge in [0, 0.05) is 5.92 Å². The van der Waals surface area contributed by atoms with E-state index in [4.69, 9.17) is 9.47 Å². The van der Waals surface area contributed by atoms with Crippen LogP contribution in [0.3, 0.4) is 0 Å². The second-order valence-electron chi connectivity index (χ2n) is 5.62. The zero-order chi connectivity index (χ0) is 17.4. The highest BCUT2D eigenvalue weighted by Crippen LogP contribution is 2.19. The third kappa shape index (κ3) is 5.30. The van der Waals surface area contributed by atoms with Crippen molar-refractivity contribution in [1.29, 1.82) is 0 Å². The minimum atomic E-state index is -0.727. The third-order valence-corrected chi connectivity index (χ3v) is 3.77. The van der Waals surface area contributed by atoms with E-state index >= 15 is 0 Å². The summed E-state index contributed by atoms with van der Waals surface area (Å²) in [6.07, 6.45) is 5.73. The van der Waals surface area contributed by atoms with Gasteiger partial charge in [-0.05, 0) is 57.4 Å². The van der Waals surface area contributed by atoms with Crippen LogP contribution in [0.5, 0.6) is 11.5 Å². The van der Waals surface area contributed by atoms with Gasteiger partial charge in [-0.3, -0.25) is 20.4 Å². The van der Waals surface area contributed by atoms with Crippen molar-refractivity contribution in [3.8, 4) is 11.5 Å². The minimum Gasteiger partial charge on any atom is -0.494 e. The van der Waals surface area contributed by atoms with Crippen molar-refractivity contribution in [1.82, 2.24) is 10.9 Å². The average molecular weight is 332 g/mol. The molecule has 0 radical (unpaired) electrons. The molecule has 0 saturated heterocycles. The Kier molecular flexibility index (Phi) is 6.66. The molecule has 2 unspecified atom stereocenters. The molecule has 0 spiro atoms.